The molecule has 3 aromatic rings. The molecule has 1 amide bonds. The van der Waals surface area contributed by atoms with Gasteiger partial charge in [-0.05, 0) is 44.2 Å². The number of imidazole rings is 1. The summed E-state index contributed by atoms with van der Waals surface area (Å²) in [6.07, 6.45) is 2.11. The number of carbonyl (C=O) groups excluding carboxylic acids is 1. The number of fused-ring (bicyclic) bond motifs is 1. The molecule has 4 rings (SSSR count). The predicted molar refractivity (Wildman–Crippen MR) is 110 cm³/mol. The highest BCUT2D eigenvalue weighted by Gasteiger charge is 2.34. The summed E-state index contributed by atoms with van der Waals surface area (Å²) in [5.41, 5.74) is 0.696. The van der Waals surface area contributed by atoms with E-state index in [1.807, 2.05) is 18.9 Å². The van der Waals surface area contributed by atoms with Gasteiger partial charge in [0.05, 0.1) is 11.3 Å². The van der Waals surface area contributed by atoms with Crippen LogP contribution in [0.5, 0.6) is 0 Å². The van der Waals surface area contributed by atoms with E-state index in [-0.39, 0.29) is 23.6 Å². The second-order valence-electron chi connectivity index (χ2n) is 7.93. The van der Waals surface area contributed by atoms with Crippen LogP contribution in [0.4, 0.5) is 19.0 Å². The zero-order valence-electron chi connectivity index (χ0n) is 17.4. The molecule has 0 saturated heterocycles. The van der Waals surface area contributed by atoms with Crippen molar-refractivity contribution in [3.63, 3.8) is 0 Å². The van der Waals surface area contributed by atoms with Crippen LogP contribution in [0.2, 0.25) is 0 Å². The number of rotatable bonds is 5. The number of nitrogens with one attached hydrogen (secondary N) is 2. The van der Waals surface area contributed by atoms with Crippen molar-refractivity contribution in [3.05, 3.63) is 47.5 Å². The van der Waals surface area contributed by atoms with Crippen molar-refractivity contribution in [1.29, 1.82) is 0 Å². The Hall–Kier alpha value is -3.04. The van der Waals surface area contributed by atoms with E-state index in [1.54, 1.807) is 24.4 Å². The normalized spacial score (nSPS) is 19.5. The predicted octanol–water partition coefficient (Wildman–Crippen LogP) is 3.82. The second kappa shape index (κ2) is 8.24. The van der Waals surface area contributed by atoms with Crippen molar-refractivity contribution < 1.29 is 18.0 Å². The molecule has 7 nitrogen and oxygen atoms in total. The first-order chi connectivity index (χ1) is 14.8. The first kappa shape index (κ1) is 21.2. The summed E-state index contributed by atoms with van der Waals surface area (Å²) >= 11 is 0. The SMILES string of the molecule is CCc1n[nH]cc1C(=O)N[C@H]1CC[C@@H](N(C)c2cccc3nc(C(F)(F)F)cn23)CC1. The van der Waals surface area contributed by atoms with Gasteiger partial charge in [0.1, 0.15) is 11.5 Å². The molecule has 166 valence electrons. The van der Waals surface area contributed by atoms with Gasteiger partial charge in [-0.2, -0.15) is 18.3 Å². The maximum Gasteiger partial charge on any atom is 0.434 e. The molecule has 10 heteroatoms. The van der Waals surface area contributed by atoms with Crippen LogP contribution in [-0.2, 0) is 12.6 Å². The Bertz CT molecular complexity index is 1060. The number of carbonyl (C=O) groups is 1. The van der Waals surface area contributed by atoms with E-state index in [4.69, 9.17) is 0 Å². The molecule has 0 aromatic carbocycles. The molecular formula is C21H25F3N6O. The molecule has 0 bridgehead atoms. The fraction of sp³-hybridized carbons (Fsp3) is 0.476. The van der Waals surface area contributed by atoms with E-state index < -0.39 is 11.9 Å². The van der Waals surface area contributed by atoms with Crippen LogP contribution < -0.4 is 10.2 Å². The number of H-pyrrole nitrogens is 1. The van der Waals surface area contributed by atoms with Gasteiger partial charge in [-0.25, -0.2) is 4.98 Å². The molecule has 3 heterocycles. The van der Waals surface area contributed by atoms with E-state index in [0.717, 1.165) is 37.6 Å². The fourth-order valence-corrected chi connectivity index (χ4v) is 4.26. The van der Waals surface area contributed by atoms with Crippen molar-refractivity contribution in [2.75, 3.05) is 11.9 Å². The van der Waals surface area contributed by atoms with Crippen molar-refractivity contribution in [3.8, 4) is 0 Å². The van der Waals surface area contributed by atoms with Gasteiger partial charge >= 0.3 is 6.18 Å². The van der Waals surface area contributed by atoms with Crippen LogP contribution in [0.1, 0.15) is 54.4 Å². The minimum Gasteiger partial charge on any atom is -0.358 e. The number of anilines is 1. The number of aromatic nitrogens is 4. The Labute approximate surface area is 177 Å². The molecular weight excluding hydrogens is 409 g/mol. The minimum absolute atomic E-state index is 0.0672. The van der Waals surface area contributed by atoms with Gasteiger partial charge in [0.25, 0.3) is 5.91 Å². The van der Waals surface area contributed by atoms with Crippen molar-refractivity contribution >= 4 is 17.4 Å². The summed E-state index contributed by atoms with van der Waals surface area (Å²) in [5.74, 6) is 0.546. The minimum atomic E-state index is -4.48. The number of pyridine rings is 1. The van der Waals surface area contributed by atoms with Crippen molar-refractivity contribution in [2.45, 2.75) is 57.3 Å². The van der Waals surface area contributed by atoms with Crippen LogP contribution in [0.3, 0.4) is 0 Å². The van der Waals surface area contributed by atoms with Crippen molar-refractivity contribution in [2.24, 2.45) is 0 Å². The van der Waals surface area contributed by atoms with Gasteiger partial charge in [0, 0.05) is 31.5 Å². The number of nitrogens with zero attached hydrogens (tertiary/aromatic N) is 4. The number of halogens is 3. The van der Waals surface area contributed by atoms with Crippen LogP contribution in [0.15, 0.2) is 30.6 Å². The average molecular weight is 434 g/mol. The topological polar surface area (TPSA) is 78.3 Å². The first-order valence-electron chi connectivity index (χ1n) is 10.4. The maximum absolute atomic E-state index is 13.1. The Morgan fingerprint density at radius 3 is 2.71 bits per heavy atom. The van der Waals surface area contributed by atoms with Crippen LogP contribution >= 0.6 is 0 Å². The molecule has 1 aliphatic rings. The number of aryl methyl sites for hydroxylation is 1. The number of amides is 1. The highest BCUT2D eigenvalue weighted by atomic mass is 19.4. The largest absolute Gasteiger partial charge is 0.434 e. The number of hydrogen-bond donors (Lipinski definition) is 2. The van der Waals surface area contributed by atoms with E-state index in [9.17, 15) is 18.0 Å². The maximum atomic E-state index is 13.1. The van der Waals surface area contributed by atoms with Crippen molar-refractivity contribution in [1.82, 2.24) is 24.9 Å². The second-order valence-corrected chi connectivity index (χ2v) is 7.93. The third-order valence-electron chi connectivity index (χ3n) is 6.00. The summed E-state index contributed by atoms with van der Waals surface area (Å²) in [4.78, 5) is 18.3. The monoisotopic (exact) mass is 434 g/mol. The highest BCUT2D eigenvalue weighted by molar-refractivity contribution is 5.95. The Balaban J connectivity index is 1.42. The molecule has 2 N–H and O–H groups in total. The molecule has 0 atom stereocenters. The Morgan fingerprint density at radius 2 is 2.03 bits per heavy atom. The van der Waals surface area contributed by atoms with Gasteiger partial charge in [0.2, 0.25) is 0 Å². The highest BCUT2D eigenvalue weighted by Crippen LogP contribution is 2.31. The average Bonchev–Trinajstić information content (AvgIpc) is 3.40. The standard InChI is InChI=1S/C21H25F3N6O/c1-3-16-15(11-25-28-16)20(31)26-13-7-9-14(10-8-13)29(2)19-6-4-5-18-27-17(12-30(18)19)21(22,23)24/h4-6,11-14H,3,7-10H2,1-2H3,(H,25,28)(H,26,31)/t13-,14+. The zero-order valence-corrected chi connectivity index (χ0v) is 17.4. The molecule has 0 radical (unpaired) electrons. The lowest BCUT2D eigenvalue weighted by Crippen LogP contribution is -2.43. The lowest BCUT2D eigenvalue weighted by Gasteiger charge is -2.36. The van der Waals surface area contributed by atoms with Crippen LogP contribution in [-0.4, -0.2) is 44.6 Å². The quantitative estimate of drug-likeness (QED) is 0.640. The number of aromatic amines is 1. The summed E-state index contributed by atoms with van der Waals surface area (Å²) in [6.45, 7) is 1.95. The molecule has 0 spiro atoms. The van der Waals surface area contributed by atoms with Gasteiger partial charge < -0.3 is 10.2 Å². The molecule has 1 aliphatic carbocycles. The summed E-state index contributed by atoms with van der Waals surface area (Å²) in [7, 11) is 1.89. The smallest absolute Gasteiger partial charge is 0.358 e. The third-order valence-corrected chi connectivity index (χ3v) is 6.00. The fourth-order valence-electron chi connectivity index (χ4n) is 4.26. The molecule has 31 heavy (non-hydrogen) atoms. The first-order valence-corrected chi connectivity index (χ1v) is 10.4. The zero-order chi connectivity index (χ0) is 22.2. The van der Waals surface area contributed by atoms with Crippen LogP contribution in [0, 0.1) is 0 Å². The van der Waals surface area contributed by atoms with E-state index >= 15 is 0 Å². The summed E-state index contributed by atoms with van der Waals surface area (Å²) < 4.78 is 40.7. The third kappa shape index (κ3) is 4.24. The summed E-state index contributed by atoms with van der Waals surface area (Å²) in [6, 6.07) is 5.32. The molecule has 0 unspecified atom stereocenters. The van der Waals surface area contributed by atoms with Gasteiger partial charge in [0.15, 0.2) is 5.69 Å². The van der Waals surface area contributed by atoms with Gasteiger partial charge in [-0.3, -0.25) is 14.3 Å². The van der Waals surface area contributed by atoms with E-state index in [0.29, 0.717) is 17.8 Å². The Kier molecular flexibility index (Phi) is 5.63. The number of alkyl halides is 3. The lowest BCUT2D eigenvalue weighted by atomic mass is 9.90. The summed E-state index contributed by atoms with van der Waals surface area (Å²) in [5, 5.41) is 9.91. The molecule has 0 aliphatic heterocycles. The Morgan fingerprint density at radius 1 is 1.29 bits per heavy atom. The lowest BCUT2D eigenvalue weighted by molar-refractivity contribution is -0.140. The van der Waals surface area contributed by atoms with Gasteiger partial charge in [-0.15, -0.1) is 0 Å². The van der Waals surface area contributed by atoms with E-state index in [2.05, 4.69) is 20.5 Å². The van der Waals surface area contributed by atoms with E-state index in [1.165, 1.54) is 4.40 Å². The van der Waals surface area contributed by atoms with Gasteiger partial charge in [-0.1, -0.05) is 13.0 Å². The van der Waals surface area contributed by atoms with Crippen LogP contribution in [0.25, 0.3) is 5.65 Å². The number of hydrogen-bond acceptors (Lipinski definition) is 4. The molecule has 3 aromatic heterocycles. The molecule has 1 fully saturated rings. The molecule has 1 saturated carbocycles.